The van der Waals surface area contributed by atoms with E-state index in [0.29, 0.717) is 6.54 Å². The molecule has 0 radical (unpaired) electrons. The van der Waals surface area contributed by atoms with Crippen molar-refractivity contribution in [2.45, 2.75) is 32.2 Å². The number of carbonyl (C=O) groups excluding carboxylic acids is 1. The van der Waals surface area contributed by atoms with Gasteiger partial charge in [-0.1, -0.05) is 24.6 Å². The van der Waals surface area contributed by atoms with Gasteiger partial charge in [-0.15, -0.1) is 23.7 Å². The van der Waals surface area contributed by atoms with Crippen molar-refractivity contribution in [2.24, 2.45) is 0 Å². The molecule has 0 aliphatic carbocycles. The second-order valence-electron chi connectivity index (χ2n) is 6.54. The summed E-state index contributed by atoms with van der Waals surface area (Å²) in [6.45, 7) is 4.92. The molecule has 1 amide bonds. The van der Waals surface area contributed by atoms with E-state index in [1.807, 2.05) is 31.2 Å². The summed E-state index contributed by atoms with van der Waals surface area (Å²) in [5.41, 5.74) is 1.13. The van der Waals surface area contributed by atoms with Crippen LogP contribution in [-0.2, 0) is 4.79 Å². The van der Waals surface area contributed by atoms with Crippen LogP contribution >= 0.6 is 23.7 Å². The third-order valence-electron chi connectivity index (χ3n) is 4.56. The molecule has 0 bridgehead atoms. The number of carbonyl (C=O) groups is 1. The number of rotatable bonds is 7. The number of nitrogens with zero attached hydrogens (tertiary/aromatic N) is 1. The van der Waals surface area contributed by atoms with Crippen LogP contribution in [0, 0.1) is 6.92 Å². The smallest absolute Gasteiger partial charge is 0.258 e. The number of benzene rings is 1. The fourth-order valence-electron chi connectivity index (χ4n) is 3.24. The van der Waals surface area contributed by atoms with Gasteiger partial charge in [-0.25, -0.2) is 0 Å². The normalized spacial score (nSPS) is 15.7. The number of amides is 1. The molecule has 2 aromatic rings. The van der Waals surface area contributed by atoms with E-state index in [1.54, 1.807) is 11.3 Å². The van der Waals surface area contributed by atoms with E-state index in [0.717, 1.165) is 24.4 Å². The second kappa shape index (κ2) is 10.6. The number of halogens is 1. The van der Waals surface area contributed by atoms with Gasteiger partial charge in [0.15, 0.2) is 6.61 Å². The molecular weight excluding hydrogens is 368 g/mol. The number of ether oxygens (including phenoxy) is 1. The minimum atomic E-state index is -0.0694. The summed E-state index contributed by atoms with van der Waals surface area (Å²) in [6.07, 6.45) is 3.79. The van der Waals surface area contributed by atoms with E-state index in [1.165, 1.54) is 24.1 Å². The van der Waals surface area contributed by atoms with Gasteiger partial charge in [0.1, 0.15) is 5.75 Å². The second-order valence-corrected chi connectivity index (χ2v) is 7.52. The lowest BCUT2D eigenvalue weighted by molar-refractivity contribution is -0.123. The fraction of sp³-hybridized carbons (Fsp3) is 0.450. The molecule has 1 aliphatic heterocycles. The van der Waals surface area contributed by atoms with Gasteiger partial charge in [-0.3, -0.25) is 9.69 Å². The summed E-state index contributed by atoms with van der Waals surface area (Å²) >= 11 is 1.76. The zero-order valence-corrected chi connectivity index (χ0v) is 16.8. The SMILES string of the molecule is Cc1cccc(OCC(=O)NCC(c2cccs2)N2CCCCC2)c1.Cl. The van der Waals surface area contributed by atoms with Gasteiger partial charge in [0.2, 0.25) is 0 Å². The number of aryl methyl sites for hydroxylation is 1. The molecule has 0 spiro atoms. The van der Waals surface area contributed by atoms with E-state index in [2.05, 4.69) is 27.7 Å². The van der Waals surface area contributed by atoms with E-state index in [9.17, 15) is 4.79 Å². The molecular formula is C20H27ClN2O2S. The van der Waals surface area contributed by atoms with Crippen LogP contribution in [0.15, 0.2) is 41.8 Å². The molecule has 1 fully saturated rings. The quantitative estimate of drug-likeness (QED) is 0.765. The highest BCUT2D eigenvalue weighted by Gasteiger charge is 2.23. The van der Waals surface area contributed by atoms with E-state index in [4.69, 9.17) is 4.74 Å². The highest BCUT2D eigenvalue weighted by molar-refractivity contribution is 7.10. The molecule has 2 heterocycles. The molecule has 1 N–H and O–H groups in total. The summed E-state index contributed by atoms with van der Waals surface area (Å²) < 4.78 is 5.59. The minimum Gasteiger partial charge on any atom is -0.484 e. The van der Waals surface area contributed by atoms with Gasteiger partial charge in [0.25, 0.3) is 5.91 Å². The Labute approximate surface area is 166 Å². The zero-order valence-electron chi connectivity index (χ0n) is 15.1. The van der Waals surface area contributed by atoms with E-state index in [-0.39, 0.29) is 31.0 Å². The van der Waals surface area contributed by atoms with Crippen molar-refractivity contribution in [1.29, 1.82) is 0 Å². The third kappa shape index (κ3) is 6.01. The molecule has 1 saturated heterocycles. The van der Waals surface area contributed by atoms with Gasteiger partial charge < -0.3 is 10.1 Å². The molecule has 1 aromatic heterocycles. The summed E-state index contributed by atoms with van der Waals surface area (Å²) in [5, 5.41) is 5.16. The maximum Gasteiger partial charge on any atom is 0.258 e. The van der Waals surface area contributed by atoms with Gasteiger partial charge >= 0.3 is 0 Å². The van der Waals surface area contributed by atoms with Gasteiger partial charge in [0.05, 0.1) is 6.04 Å². The standard InChI is InChI=1S/C20H26N2O2S.ClH/c1-16-7-5-8-17(13-16)24-15-20(23)21-14-18(19-9-6-12-25-19)22-10-3-2-4-11-22;/h5-9,12-13,18H,2-4,10-11,14-15H2,1H3,(H,21,23);1H. The molecule has 1 atom stereocenters. The Hall–Kier alpha value is -1.56. The number of piperidine rings is 1. The van der Waals surface area contributed by atoms with Gasteiger partial charge in [-0.05, 0) is 62.0 Å². The number of hydrogen-bond acceptors (Lipinski definition) is 4. The van der Waals surface area contributed by atoms with Crippen LogP contribution < -0.4 is 10.1 Å². The topological polar surface area (TPSA) is 41.6 Å². The molecule has 26 heavy (non-hydrogen) atoms. The highest BCUT2D eigenvalue weighted by atomic mass is 35.5. The predicted octanol–water partition coefficient (Wildman–Crippen LogP) is 4.20. The Morgan fingerprint density at radius 3 is 2.73 bits per heavy atom. The number of nitrogens with one attached hydrogen (secondary N) is 1. The highest BCUT2D eigenvalue weighted by Crippen LogP contribution is 2.27. The zero-order chi connectivity index (χ0) is 17.5. The maximum absolute atomic E-state index is 12.2. The van der Waals surface area contributed by atoms with Crippen molar-refractivity contribution in [3.8, 4) is 5.75 Å². The minimum absolute atomic E-state index is 0. The van der Waals surface area contributed by atoms with Crippen LogP contribution in [0.2, 0.25) is 0 Å². The first-order valence-electron chi connectivity index (χ1n) is 8.96. The lowest BCUT2D eigenvalue weighted by atomic mass is 10.1. The van der Waals surface area contributed by atoms with Crippen LogP contribution in [0.1, 0.15) is 35.7 Å². The van der Waals surface area contributed by atoms with Crippen LogP contribution in [-0.4, -0.2) is 37.0 Å². The molecule has 3 rings (SSSR count). The van der Waals surface area contributed by atoms with Crippen molar-refractivity contribution >= 4 is 29.7 Å². The largest absolute Gasteiger partial charge is 0.484 e. The van der Waals surface area contributed by atoms with Crippen molar-refractivity contribution in [2.75, 3.05) is 26.2 Å². The average molecular weight is 395 g/mol. The Morgan fingerprint density at radius 1 is 1.23 bits per heavy atom. The van der Waals surface area contributed by atoms with Crippen molar-refractivity contribution in [3.63, 3.8) is 0 Å². The third-order valence-corrected chi connectivity index (χ3v) is 5.53. The first-order chi connectivity index (χ1) is 12.2. The van der Waals surface area contributed by atoms with Gasteiger partial charge in [-0.2, -0.15) is 0 Å². The lowest BCUT2D eigenvalue weighted by Gasteiger charge is -2.34. The average Bonchev–Trinajstić information content (AvgIpc) is 3.15. The van der Waals surface area contributed by atoms with E-state index >= 15 is 0 Å². The van der Waals surface area contributed by atoms with Crippen LogP contribution in [0.4, 0.5) is 0 Å². The van der Waals surface area contributed by atoms with Crippen molar-refractivity contribution < 1.29 is 9.53 Å². The van der Waals surface area contributed by atoms with Crippen molar-refractivity contribution in [1.82, 2.24) is 10.2 Å². The molecule has 142 valence electrons. The molecule has 6 heteroatoms. The monoisotopic (exact) mass is 394 g/mol. The molecule has 0 saturated carbocycles. The molecule has 1 unspecified atom stereocenters. The fourth-order valence-corrected chi connectivity index (χ4v) is 4.10. The lowest BCUT2D eigenvalue weighted by Crippen LogP contribution is -2.41. The summed E-state index contributed by atoms with van der Waals surface area (Å²) in [5.74, 6) is 0.668. The van der Waals surface area contributed by atoms with Crippen LogP contribution in [0.5, 0.6) is 5.75 Å². The Morgan fingerprint density at radius 2 is 2.04 bits per heavy atom. The Kier molecular flexibility index (Phi) is 8.42. The van der Waals surface area contributed by atoms with Crippen molar-refractivity contribution in [3.05, 3.63) is 52.2 Å². The number of hydrogen-bond donors (Lipinski definition) is 1. The molecule has 1 aromatic carbocycles. The summed E-state index contributed by atoms with van der Waals surface area (Å²) in [4.78, 5) is 16.0. The first kappa shape index (κ1) is 20.7. The summed E-state index contributed by atoms with van der Waals surface area (Å²) in [7, 11) is 0. The first-order valence-corrected chi connectivity index (χ1v) is 9.84. The predicted molar refractivity (Wildman–Crippen MR) is 109 cm³/mol. The van der Waals surface area contributed by atoms with Gasteiger partial charge in [0, 0.05) is 11.4 Å². The molecule has 1 aliphatic rings. The Bertz CT molecular complexity index is 672. The number of thiophene rings is 1. The Balaban J connectivity index is 0.00000243. The molecule has 4 nitrogen and oxygen atoms in total. The summed E-state index contributed by atoms with van der Waals surface area (Å²) in [6, 6.07) is 12.3. The van der Waals surface area contributed by atoms with Crippen LogP contribution in [0.3, 0.4) is 0 Å². The van der Waals surface area contributed by atoms with E-state index < -0.39 is 0 Å². The van der Waals surface area contributed by atoms with Crippen LogP contribution in [0.25, 0.3) is 0 Å². The number of likely N-dealkylation sites (tertiary alicyclic amines) is 1. The maximum atomic E-state index is 12.2.